The predicted molar refractivity (Wildman–Crippen MR) is 69.7 cm³/mol. The molecule has 0 aliphatic carbocycles. The van der Waals surface area contributed by atoms with E-state index in [0.29, 0.717) is 5.54 Å². The maximum Gasteiger partial charge on any atom is 0.247 e. The molecule has 0 saturated heterocycles. The molecule has 0 heterocycles. The Morgan fingerprint density at radius 1 is 1.33 bits per heavy atom. The van der Waals surface area contributed by atoms with Crippen LogP contribution in [-0.2, 0) is 0 Å². The van der Waals surface area contributed by atoms with Gasteiger partial charge >= 0.3 is 0 Å². The SMILES string of the molecule is C=Cc1cccc(O[Si](C)(C)C(C)C)c1. The van der Waals surface area contributed by atoms with Crippen molar-refractivity contribution in [3.05, 3.63) is 36.4 Å². The zero-order valence-corrected chi connectivity index (χ0v) is 11.1. The zero-order chi connectivity index (χ0) is 11.5. The lowest BCUT2D eigenvalue weighted by molar-refractivity contribution is 0.533. The smallest absolute Gasteiger partial charge is 0.247 e. The van der Waals surface area contributed by atoms with Crippen LogP contribution in [0.4, 0.5) is 0 Å². The van der Waals surface area contributed by atoms with Crippen LogP contribution >= 0.6 is 0 Å². The second-order valence-electron chi connectivity index (χ2n) is 4.64. The first-order valence-corrected chi connectivity index (χ1v) is 8.36. The summed E-state index contributed by atoms with van der Waals surface area (Å²) >= 11 is 0. The molecule has 2 heteroatoms. The molecule has 0 bridgehead atoms. The van der Waals surface area contributed by atoms with Crippen molar-refractivity contribution in [3.8, 4) is 5.75 Å². The fraction of sp³-hybridized carbons (Fsp3) is 0.385. The number of benzene rings is 1. The average molecular weight is 220 g/mol. The second kappa shape index (κ2) is 4.66. The Hall–Kier alpha value is -1.02. The first kappa shape index (κ1) is 12.0. The number of hydrogen-bond acceptors (Lipinski definition) is 1. The Labute approximate surface area is 93.9 Å². The van der Waals surface area contributed by atoms with Crippen molar-refractivity contribution in [1.82, 2.24) is 0 Å². The minimum absolute atomic E-state index is 0.616. The predicted octanol–water partition coefficient (Wildman–Crippen LogP) is 4.32. The molecule has 0 unspecified atom stereocenters. The third kappa shape index (κ3) is 3.24. The standard InChI is InChI=1S/C13H20OSi/c1-6-12-8-7-9-13(10-12)14-15(4,5)11(2)3/h6-11H,1H2,2-5H3. The molecule has 15 heavy (non-hydrogen) atoms. The quantitative estimate of drug-likeness (QED) is 0.686. The molecule has 82 valence electrons. The van der Waals surface area contributed by atoms with Gasteiger partial charge in [0.05, 0.1) is 0 Å². The lowest BCUT2D eigenvalue weighted by Gasteiger charge is -2.28. The molecule has 0 aromatic heterocycles. The van der Waals surface area contributed by atoms with Crippen LogP contribution in [0.5, 0.6) is 5.75 Å². The molecule has 1 rings (SSSR count). The van der Waals surface area contributed by atoms with Gasteiger partial charge in [0, 0.05) is 0 Å². The largest absolute Gasteiger partial charge is 0.544 e. The molecule has 1 aromatic rings. The van der Waals surface area contributed by atoms with E-state index in [4.69, 9.17) is 4.43 Å². The van der Waals surface area contributed by atoms with Gasteiger partial charge in [-0.15, -0.1) is 0 Å². The van der Waals surface area contributed by atoms with Crippen LogP contribution in [0.2, 0.25) is 18.6 Å². The Morgan fingerprint density at radius 3 is 2.53 bits per heavy atom. The van der Waals surface area contributed by atoms with Crippen molar-refractivity contribution >= 4 is 14.4 Å². The van der Waals surface area contributed by atoms with Crippen LogP contribution in [0.1, 0.15) is 19.4 Å². The zero-order valence-electron chi connectivity index (χ0n) is 10.1. The normalized spacial score (nSPS) is 11.5. The van der Waals surface area contributed by atoms with E-state index in [1.807, 2.05) is 30.3 Å². The number of hydrogen-bond donors (Lipinski definition) is 0. The van der Waals surface area contributed by atoms with E-state index in [1.165, 1.54) is 0 Å². The summed E-state index contributed by atoms with van der Waals surface area (Å²) in [5, 5.41) is 0. The molecular formula is C13H20OSi. The molecular weight excluding hydrogens is 200 g/mol. The Bertz CT molecular complexity index is 342. The highest BCUT2D eigenvalue weighted by atomic mass is 28.4. The van der Waals surface area contributed by atoms with E-state index in [2.05, 4.69) is 33.5 Å². The van der Waals surface area contributed by atoms with Gasteiger partial charge in [0.15, 0.2) is 0 Å². The van der Waals surface area contributed by atoms with Crippen molar-refractivity contribution in [2.45, 2.75) is 32.5 Å². The van der Waals surface area contributed by atoms with Crippen molar-refractivity contribution in [2.75, 3.05) is 0 Å². The monoisotopic (exact) mass is 220 g/mol. The summed E-state index contributed by atoms with van der Waals surface area (Å²) in [6.07, 6.45) is 1.84. The molecule has 0 aliphatic heterocycles. The van der Waals surface area contributed by atoms with E-state index in [9.17, 15) is 0 Å². The maximum absolute atomic E-state index is 6.10. The average Bonchev–Trinajstić information content (AvgIpc) is 2.17. The van der Waals surface area contributed by atoms with Gasteiger partial charge in [-0.1, -0.05) is 38.6 Å². The molecule has 0 aliphatic rings. The van der Waals surface area contributed by atoms with Gasteiger partial charge in [0.2, 0.25) is 8.32 Å². The lowest BCUT2D eigenvalue weighted by Crippen LogP contribution is -2.37. The fourth-order valence-electron chi connectivity index (χ4n) is 1.13. The molecule has 0 amide bonds. The van der Waals surface area contributed by atoms with E-state index in [0.717, 1.165) is 11.3 Å². The number of rotatable bonds is 4. The Kier molecular flexibility index (Phi) is 3.75. The molecule has 0 N–H and O–H groups in total. The van der Waals surface area contributed by atoms with E-state index < -0.39 is 8.32 Å². The summed E-state index contributed by atoms with van der Waals surface area (Å²) in [7, 11) is -1.59. The molecule has 1 nitrogen and oxygen atoms in total. The van der Waals surface area contributed by atoms with Crippen LogP contribution < -0.4 is 4.43 Å². The summed E-state index contributed by atoms with van der Waals surface area (Å²) in [6, 6.07) is 8.11. The van der Waals surface area contributed by atoms with Crippen molar-refractivity contribution in [3.63, 3.8) is 0 Å². The second-order valence-corrected chi connectivity index (χ2v) is 9.20. The molecule has 0 radical (unpaired) electrons. The third-order valence-electron chi connectivity index (χ3n) is 2.87. The summed E-state index contributed by atoms with van der Waals surface area (Å²) in [5.74, 6) is 0.970. The van der Waals surface area contributed by atoms with Gasteiger partial charge in [0.1, 0.15) is 5.75 Å². The van der Waals surface area contributed by atoms with Crippen LogP contribution in [0.3, 0.4) is 0 Å². The van der Waals surface area contributed by atoms with E-state index >= 15 is 0 Å². The molecule has 0 atom stereocenters. The first-order chi connectivity index (χ1) is 6.95. The highest BCUT2D eigenvalue weighted by molar-refractivity contribution is 6.73. The Morgan fingerprint density at radius 2 is 2.00 bits per heavy atom. The maximum atomic E-state index is 6.10. The first-order valence-electron chi connectivity index (χ1n) is 5.37. The molecule has 0 fully saturated rings. The minimum atomic E-state index is -1.59. The van der Waals surface area contributed by atoms with E-state index in [-0.39, 0.29) is 0 Å². The summed E-state index contributed by atoms with van der Waals surface area (Å²) in [4.78, 5) is 0. The van der Waals surface area contributed by atoms with E-state index in [1.54, 1.807) is 0 Å². The molecule has 0 saturated carbocycles. The highest BCUT2D eigenvalue weighted by Crippen LogP contribution is 2.25. The van der Waals surface area contributed by atoms with Gasteiger partial charge in [0.25, 0.3) is 0 Å². The topological polar surface area (TPSA) is 9.23 Å². The van der Waals surface area contributed by atoms with Gasteiger partial charge in [-0.2, -0.15) is 0 Å². The van der Waals surface area contributed by atoms with Crippen LogP contribution in [0.15, 0.2) is 30.8 Å². The highest BCUT2D eigenvalue weighted by Gasteiger charge is 2.28. The summed E-state index contributed by atoms with van der Waals surface area (Å²) < 4.78 is 6.10. The van der Waals surface area contributed by atoms with Gasteiger partial charge in [-0.25, -0.2) is 0 Å². The van der Waals surface area contributed by atoms with Crippen LogP contribution in [0, 0.1) is 0 Å². The lowest BCUT2D eigenvalue weighted by atomic mass is 10.2. The third-order valence-corrected chi connectivity index (χ3v) is 6.41. The van der Waals surface area contributed by atoms with Gasteiger partial charge in [-0.3, -0.25) is 0 Å². The van der Waals surface area contributed by atoms with Crippen molar-refractivity contribution in [1.29, 1.82) is 0 Å². The Balaban J connectivity index is 2.84. The van der Waals surface area contributed by atoms with Gasteiger partial charge < -0.3 is 4.43 Å². The summed E-state index contributed by atoms with van der Waals surface area (Å²) in [6.45, 7) is 12.7. The minimum Gasteiger partial charge on any atom is -0.544 e. The summed E-state index contributed by atoms with van der Waals surface area (Å²) in [5.41, 5.74) is 1.73. The van der Waals surface area contributed by atoms with Crippen molar-refractivity contribution < 1.29 is 4.43 Å². The van der Waals surface area contributed by atoms with Gasteiger partial charge in [-0.05, 0) is 36.3 Å². The van der Waals surface area contributed by atoms with Crippen molar-refractivity contribution in [2.24, 2.45) is 0 Å². The van der Waals surface area contributed by atoms with Crippen LogP contribution in [-0.4, -0.2) is 8.32 Å². The fourth-order valence-corrected chi connectivity index (χ4v) is 2.10. The molecule has 1 aromatic carbocycles. The van der Waals surface area contributed by atoms with Crippen LogP contribution in [0.25, 0.3) is 6.08 Å². The molecule has 0 spiro atoms.